The van der Waals surface area contributed by atoms with E-state index in [4.69, 9.17) is 0 Å². The quantitative estimate of drug-likeness (QED) is 0.221. The molecular weight excluding hydrogens is 362 g/mol. The van der Waals surface area contributed by atoms with E-state index < -0.39 is 0 Å². The predicted molar refractivity (Wildman–Crippen MR) is 124 cm³/mol. The minimum absolute atomic E-state index is 0. The van der Waals surface area contributed by atoms with Gasteiger partial charge in [-0.15, -0.1) is 0 Å². The van der Waals surface area contributed by atoms with Crippen LogP contribution in [0.1, 0.15) is 111 Å². The van der Waals surface area contributed by atoms with Gasteiger partial charge in [-0.2, -0.15) is 0 Å². The minimum Gasteiger partial charge on any atom is -1.00 e. The molecule has 0 saturated carbocycles. The highest BCUT2D eigenvalue weighted by molar-refractivity contribution is 5.42. The summed E-state index contributed by atoms with van der Waals surface area (Å²) in [7, 11) is 0. The molecule has 0 atom stereocenters. The van der Waals surface area contributed by atoms with Crippen LogP contribution in [0, 0.1) is 0 Å². The fourth-order valence-corrected chi connectivity index (χ4v) is 4.58. The van der Waals surface area contributed by atoms with Crippen molar-refractivity contribution in [2.24, 2.45) is 0 Å². The number of unbranched alkanes of at least 4 members (excludes halogenated alkanes) is 11. The number of halogens is 1. The molecule has 0 bridgehead atoms. The molecule has 1 rings (SSSR count). The second kappa shape index (κ2) is 18.5. The molecule has 0 fully saturated rings. The van der Waals surface area contributed by atoms with Gasteiger partial charge >= 0.3 is 0 Å². The van der Waals surface area contributed by atoms with E-state index in [0.717, 1.165) is 0 Å². The average molecular weight is 410 g/mol. The second-order valence-electron chi connectivity index (χ2n) is 8.54. The van der Waals surface area contributed by atoms with Crippen LogP contribution in [0.15, 0.2) is 30.3 Å². The van der Waals surface area contributed by atoms with E-state index in [9.17, 15) is 0 Å². The van der Waals surface area contributed by atoms with Gasteiger partial charge < -0.3 is 12.4 Å². The maximum Gasteiger partial charge on any atom is 0.132 e. The van der Waals surface area contributed by atoms with E-state index in [2.05, 4.69) is 51.1 Å². The fraction of sp³-hybridized carbons (Fsp3) is 0.769. The predicted octanol–water partition coefficient (Wildman–Crippen LogP) is 5.52. The Labute approximate surface area is 183 Å². The van der Waals surface area contributed by atoms with Crippen LogP contribution in [-0.4, -0.2) is 19.6 Å². The lowest BCUT2D eigenvalue weighted by molar-refractivity contribution is -0.00000598. The smallest absolute Gasteiger partial charge is 0.132 e. The van der Waals surface area contributed by atoms with E-state index in [1.807, 2.05) is 0 Å². The summed E-state index contributed by atoms with van der Waals surface area (Å²) in [6.07, 6.45) is 19.8. The topological polar surface area (TPSA) is 0 Å². The third-order valence-electron chi connectivity index (χ3n) is 6.05. The number of rotatable bonds is 18. The van der Waals surface area contributed by atoms with Gasteiger partial charge in [-0.1, -0.05) is 103 Å². The Bertz CT molecular complexity index is 425. The highest BCUT2D eigenvalue weighted by atomic mass is 35.5. The van der Waals surface area contributed by atoms with Gasteiger partial charge in [0.25, 0.3) is 0 Å². The van der Waals surface area contributed by atoms with Gasteiger partial charge in [0.1, 0.15) is 5.69 Å². The Morgan fingerprint density at radius 2 is 0.929 bits per heavy atom. The normalized spacial score (nSPS) is 11.4. The zero-order valence-corrected chi connectivity index (χ0v) is 20.0. The molecule has 1 nitrogen and oxygen atoms in total. The van der Waals surface area contributed by atoms with Crippen molar-refractivity contribution >= 4 is 5.69 Å². The Hall–Kier alpha value is -0.530. The maximum atomic E-state index is 2.35. The minimum atomic E-state index is 0. The third-order valence-corrected chi connectivity index (χ3v) is 6.05. The molecule has 1 aromatic rings. The Kier molecular flexibility index (Phi) is 18.1. The monoisotopic (exact) mass is 409 g/mol. The average Bonchev–Trinajstić information content (AvgIpc) is 2.69. The lowest BCUT2D eigenvalue weighted by Gasteiger charge is -2.38. The third kappa shape index (κ3) is 11.5. The van der Waals surface area contributed by atoms with Crippen molar-refractivity contribution in [3.8, 4) is 0 Å². The summed E-state index contributed by atoms with van der Waals surface area (Å²) in [5.41, 5.74) is 1.53. The van der Waals surface area contributed by atoms with Crippen LogP contribution in [0.5, 0.6) is 0 Å². The molecule has 0 radical (unpaired) electrons. The zero-order valence-electron chi connectivity index (χ0n) is 19.2. The first-order valence-electron chi connectivity index (χ1n) is 12.2. The van der Waals surface area contributed by atoms with Crippen LogP contribution in [0.4, 0.5) is 5.69 Å². The molecule has 2 heteroatoms. The van der Waals surface area contributed by atoms with Gasteiger partial charge in [-0.25, -0.2) is 0 Å². The highest BCUT2D eigenvalue weighted by Crippen LogP contribution is 2.25. The summed E-state index contributed by atoms with van der Waals surface area (Å²) >= 11 is 0. The summed E-state index contributed by atoms with van der Waals surface area (Å²) in [5.74, 6) is 0. The summed E-state index contributed by atoms with van der Waals surface area (Å²) in [6, 6.07) is 11.3. The van der Waals surface area contributed by atoms with Crippen LogP contribution >= 0.6 is 0 Å². The molecule has 1 aromatic carbocycles. The molecule has 0 aliphatic carbocycles. The summed E-state index contributed by atoms with van der Waals surface area (Å²) in [5, 5.41) is 0. The van der Waals surface area contributed by atoms with E-state index >= 15 is 0 Å². The number of benzene rings is 1. The second-order valence-corrected chi connectivity index (χ2v) is 8.54. The van der Waals surface area contributed by atoms with Crippen molar-refractivity contribution in [2.75, 3.05) is 19.6 Å². The fourth-order valence-electron chi connectivity index (χ4n) is 4.58. The largest absolute Gasteiger partial charge is 1.00 e. The molecule has 0 N–H and O–H groups in total. The van der Waals surface area contributed by atoms with Crippen LogP contribution in [0.25, 0.3) is 0 Å². The summed E-state index contributed by atoms with van der Waals surface area (Å²) in [4.78, 5) is 0. The Balaban J connectivity index is 0.00000729. The SMILES string of the molecule is CCCCCCCCCCCCCC[N+](CCC)(CCC)c1ccccc1.[Cl-]. The maximum absolute atomic E-state index is 2.35. The summed E-state index contributed by atoms with van der Waals surface area (Å²) < 4.78 is 1.20. The van der Waals surface area contributed by atoms with Crippen molar-refractivity contribution in [1.29, 1.82) is 0 Å². The first kappa shape index (κ1) is 27.5. The molecule has 0 spiro atoms. The number of quaternary nitrogens is 1. The van der Waals surface area contributed by atoms with Crippen molar-refractivity contribution in [1.82, 2.24) is 4.48 Å². The van der Waals surface area contributed by atoms with Crippen molar-refractivity contribution in [3.63, 3.8) is 0 Å². The standard InChI is InChI=1S/C26H48N.ClH/c1-4-7-8-9-10-11-12-13-14-15-16-20-25-27(23-5-2,24-6-3)26-21-18-17-19-22-26;/h17-19,21-22H,4-16,20,23-25H2,1-3H3;1H/q+1;/p-1. The number of hydrogen-bond donors (Lipinski definition) is 0. The van der Waals surface area contributed by atoms with Crippen LogP contribution in [-0.2, 0) is 0 Å². The van der Waals surface area contributed by atoms with Gasteiger partial charge in [0.2, 0.25) is 0 Å². The van der Waals surface area contributed by atoms with E-state index in [-0.39, 0.29) is 12.4 Å². The lowest BCUT2D eigenvalue weighted by atomic mass is 10.0. The molecule has 0 aliphatic rings. The van der Waals surface area contributed by atoms with E-state index in [1.54, 1.807) is 0 Å². The van der Waals surface area contributed by atoms with Crippen molar-refractivity contribution < 1.29 is 12.4 Å². The van der Waals surface area contributed by atoms with Crippen LogP contribution in [0.3, 0.4) is 0 Å². The molecule has 0 heterocycles. The molecule has 0 saturated heterocycles. The Morgan fingerprint density at radius 1 is 0.500 bits per heavy atom. The highest BCUT2D eigenvalue weighted by Gasteiger charge is 2.27. The molecule has 28 heavy (non-hydrogen) atoms. The molecule has 164 valence electrons. The molecule has 0 aliphatic heterocycles. The molecular formula is C26H48ClN. The van der Waals surface area contributed by atoms with Crippen molar-refractivity contribution in [2.45, 2.75) is 111 Å². The molecule has 0 amide bonds. The van der Waals surface area contributed by atoms with Gasteiger partial charge in [0.15, 0.2) is 0 Å². The van der Waals surface area contributed by atoms with Gasteiger partial charge in [0.05, 0.1) is 19.6 Å². The lowest BCUT2D eigenvalue weighted by Crippen LogP contribution is -3.00. The first-order chi connectivity index (χ1) is 13.3. The molecule has 0 aromatic heterocycles. The zero-order chi connectivity index (χ0) is 19.6. The summed E-state index contributed by atoms with van der Waals surface area (Å²) in [6.45, 7) is 10.9. The number of para-hydroxylation sites is 1. The number of hydrogen-bond acceptors (Lipinski definition) is 0. The van der Waals surface area contributed by atoms with Crippen LogP contribution in [0.2, 0.25) is 0 Å². The van der Waals surface area contributed by atoms with E-state index in [0.29, 0.717) is 0 Å². The van der Waals surface area contributed by atoms with Crippen LogP contribution < -0.4 is 16.9 Å². The van der Waals surface area contributed by atoms with E-state index in [1.165, 1.54) is 120 Å². The first-order valence-corrected chi connectivity index (χ1v) is 12.2. The van der Waals surface area contributed by atoms with Gasteiger partial charge in [-0.3, -0.25) is 4.48 Å². The van der Waals surface area contributed by atoms with Gasteiger partial charge in [0, 0.05) is 0 Å². The van der Waals surface area contributed by atoms with Crippen molar-refractivity contribution in [3.05, 3.63) is 30.3 Å². The molecule has 0 unspecified atom stereocenters. The van der Waals surface area contributed by atoms with Gasteiger partial charge in [-0.05, 0) is 37.8 Å². The number of nitrogens with zero attached hydrogens (tertiary/aromatic N) is 1. The Morgan fingerprint density at radius 3 is 1.36 bits per heavy atom.